The highest BCUT2D eigenvalue weighted by atomic mass is 19.1. The Kier molecular flexibility index (Phi) is 6.48. The molecule has 0 atom stereocenters. The molecule has 0 saturated carbocycles. The second-order valence-corrected chi connectivity index (χ2v) is 11.1. The van der Waals surface area contributed by atoms with Gasteiger partial charge in [-0.1, -0.05) is 0 Å². The topological polar surface area (TPSA) is 115 Å². The number of likely N-dealkylation sites (tertiary alicyclic amines) is 1. The molecule has 2 fully saturated rings. The number of aromatic nitrogens is 6. The second-order valence-electron chi connectivity index (χ2n) is 11.1. The smallest absolute Gasteiger partial charge is 0.229 e. The van der Waals surface area contributed by atoms with Crippen molar-refractivity contribution in [1.82, 2.24) is 35.1 Å². The van der Waals surface area contributed by atoms with Gasteiger partial charge in [-0.3, -0.25) is 4.90 Å². The predicted octanol–water partition coefficient (Wildman–Crippen LogP) is 3.39. The van der Waals surface area contributed by atoms with Gasteiger partial charge in [0, 0.05) is 29.9 Å². The van der Waals surface area contributed by atoms with Gasteiger partial charge in [0.2, 0.25) is 5.95 Å². The van der Waals surface area contributed by atoms with Crippen molar-refractivity contribution in [2.24, 2.45) is 7.05 Å². The molecule has 4 heterocycles. The molecular weight excluding hydrogens is 477 g/mol. The summed E-state index contributed by atoms with van der Waals surface area (Å²) in [6.45, 7) is 9.93. The Morgan fingerprint density at radius 3 is 2.46 bits per heavy atom. The van der Waals surface area contributed by atoms with E-state index in [1.165, 1.54) is 6.20 Å². The van der Waals surface area contributed by atoms with E-state index < -0.39 is 5.82 Å². The minimum atomic E-state index is -0.489. The summed E-state index contributed by atoms with van der Waals surface area (Å²) in [4.78, 5) is 11.0. The number of aryl methyl sites for hydroxylation is 1. The number of hydrogen-bond donors (Lipinski definition) is 2. The number of hydrogen-bond acceptors (Lipinski definition) is 10. The summed E-state index contributed by atoms with van der Waals surface area (Å²) in [6, 6.07) is 5.63. The number of piperidine rings is 1. The van der Waals surface area contributed by atoms with E-state index >= 15 is 0 Å². The Hall–Kier alpha value is -3.38. The summed E-state index contributed by atoms with van der Waals surface area (Å²) < 4.78 is 27.6. The van der Waals surface area contributed by atoms with E-state index in [1.54, 1.807) is 11.7 Å². The van der Waals surface area contributed by atoms with Crippen LogP contribution < -0.4 is 15.4 Å². The van der Waals surface area contributed by atoms with Crippen molar-refractivity contribution in [2.45, 2.75) is 63.8 Å². The van der Waals surface area contributed by atoms with Gasteiger partial charge in [-0.15, -0.1) is 5.10 Å². The highest BCUT2D eigenvalue weighted by Gasteiger charge is 2.43. The van der Waals surface area contributed by atoms with Crippen LogP contribution in [0.1, 0.15) is 40.5 Å². The molecule has 11 nitrogen and oxygen atoms in total. The molecule has 0 spiro atoms. The summed E-state index contributed by atoms with van der Waals surface area (Å²) in [6.07, 6.45) is 2.90. The van der Waals surface area contributed by atoms with Gasteiger partial charge in [0.25, 0.3) is 0 Å². The number of nitrogens with one attached hydrogen (secondary N) is 2. The summed E-state index contributed by atoms with van der Waals surface area (Å²) in [5, 5.41) is 18.3. The quantitative estimate of drug-likeness (QED) is 0.489. The molecule has 2 saturated heterocycles. The van der Waals surface area contributed by atoms with Crippen molar-refractivity contribution in [3.8, 4) is 17.1 Å². The van der Waals surface area contributed by atoms with Crippen LogP contribution in [0.5, 0.6) is 5.75 Å². The third-order valence-corrected chi connectivity index (χ3v) is 7.39. The molecule has 5 rings (SSSR count). The van der Waals surface area contributed by atoms with Crippen molar-refractivity contribution in [3.05, 3.63) is 30.2 Å². The van der Waals surface area contributed by atoms with Crippen molar-refractivity contribution >= 4 is 17.5 Å². The first-order chi connectivity index (χ1) is 17.5. The lowest BCUT2D eigenvalue weighted by Gasteiger charge is -2.53. The fourth-order valence-corrected chi connectivity index (χ4v) is 5.13. The van der Waals surface area contributed by atoms with E-state index in [2.05, 4.69) is 75.8 Å². The van der Waals surface area contributed by atoms with Gasteiger partial charge in [-0.25, -0.2) is 14.1 Å². The number of rotatable bonds is 7. The van der Waals surface area contributed by atoms with E-state index in [0.29, 0.717) is 36.0 Å². The van der Waals surface area contributed by atoms with Gasteiger partial charge in [0.1, 0.15) is 11.9 Å². The monoisotopic (exact) mass is 511 g/mol. The van der Waals surface area contributed by atoms with E-state index in [1.807, 2.05) is 18.2 Å². The van der Waals surface area contributed by atoms with Gasteiger partial charge in [0.15, 0.2) is 17.5 Å². The lowest BCUT2D eigenvalue weighted by atomic mass is 9.77. The minimum absolute atomic E-state index is 0.0117. The molecular formula is C25H34FN9O2. The number of anilines is 3. The highest BCUT2D eigenvalue weighted by Crippen LogP contribution is 2.38. The van der Waals surface area contributed by atoms with Gasteiger partial charge in [0.05, 0.1) is 25.0 Å². The molecule has 1 aromatic carbocycles. The fourth-order valence-electron chi connectivity index (χ4n) is 5.13. The predicted molar refractivity (Wildman–Crippen MR) is 137 cm³/mol. The van der Waals surface area contributed by atoms with Crippen LogP contribution in [0.4, 0.5) is 21.8 Å². The number of halogens is 1. The van der Waals surface area contributed by atoms with Crippen LogP contribution in [0.15, 0.2) is 24.4 Å². The molecule has 0 unspecified atom stereocenters. The lowest BCUT2D eigenvalue weighted by Crippen LogP contribution is -2.61. The maximum absolute atomic E-state index is 14.8. The van der Waals surface area contributed by atoms with E-state index in [-0.39, 0.29) is 35.0 Å². The van der Waals surface area contributed by atoms with E-state index in [4.69, 9.17) is 9.47 Å². The third kappa shape index (κ3) is 5.21. The third-order valence-electron chi connectivity index (χ3n) is 7.39. The molecule has 2 N–H and O–H groups in total. The molecule has 2 aliphatic heterocycles. The standard InChI is InChI=1S/C25H34FN9O2/c1-24(2)10-16(11-25(3,4)35(24)6)28-21-19(26)12-27-23(30-21)29-15-7-8-20(37-17-13-36-14-17)18(9-15)22-31-32-33-34(22)5/h7-9,12,16-17H,10-11,13-14H2,1-6H3,(H2,27,28,29,30). The Labute approximate surface area is 215 Å². The molecule has 0 bridgehead atoms. The molecule has 12 heteroatoms. The van der Waals surface area contributed by atoms with Gasteiger partial charge < -0.3 is 20.1 Å². The molecule has 3 aromatic rings. The SMILES string of the molecule is CN1C(C)(C)CC(Nc2nc(Nc3ccc(OC4COC4)c(-c4nnnn4C)c3)ncc2F)CC1(C)C. The van der Waals surface area contributed by atoms with Crippen molar-refractivity contribution in [2.75, 3.05) is 30.9 Å². The van der Waals surface area contributed by atoms with Crippen LogP contribution in [0, 0.1) is 5.82 Å². The van der Waals surface area contributed by atoms with Crippen LogP contribution >= 0.6 is 0 Å². The average molecular weight is 512 g/mol. The Bertz CT molecular complexity index is 1260. The lowest BCUT2D eigenvalue weighted by molar-refractivity contribution is -0.0794. The van der Waals surface area contributed by atoms with Crippen molar-refractivity contribution in [1.29, 1.82) is 0 Å². The molecule has 2 aliphatic rings. The van der Waals surface area contributed by atoms with Crippen LogP contribution in [-0.4, -0.2) is 78.6 Å². The van der Waals surface area contributed by atoms with Gasteiger partial charge >= 0.3 is 0 Å². The first kappa shape index (κ1) is 25.3. The molecule has 0 amide bonds. The Morgan fingerprint density at radius 1 is 1.11 bits per heavy atom. The van der Waals surface area contributed by atoms with E-state index in [0.717, 1.165) is 12.8 Å². The largest absolute Gasteiger partial charge is 0.485 e. The maximum atomic E-state index is 14.8. The zero-order chi connectivity index (χ0) is 26.4. The van der Waals surface area contributed by atoms with Gasteiger partial charge in [-0.2, -0.15) is 4.98 Å². The molecule has 0 aliphatic carbocycles. The van der Waals surface area contributed by atoms with Crippen molar-refractivity contribution in [3.63, 3.8) is 0 Å². The Balaban J connectivity index is 1.38. The number of ether oxygens (including phenoxy) is 2. The number of benzene rings is 1. The van der Waals surface area contributed by atoms with E-state index in [9.17, 15) is 4.39 Å². The second kappa shape index (κ2) is 9.49. The molecule has 198 valence electrons. The normalized spacial score (nSPS) is 19.9. The minimum Gasteiger partial charge on any atom is -0.485 e. The summed E-state index contributed by atoms with van der Waals surface area (Å²) in [7, 11) is 3.91. The van der Waals surface area contributed by atoms with Crippen LogP contribution in [-0.2, 0) is 11.8 Å². The summed E-state index contributed by atoms with van der Waals surface area (Å²) in [5.74, 6) is 1.16. The molecule has 2 aromatic heterocycles. The van der Waals surface area contributed by atoms with Crippen LogP contribution in [0.25, 0.3) is 11.4 Å². The zero-order valence-corrected chi connectivity index (χ0v) is 22.1. The van der Waals surface area contributed by atoms with Crippen LogP contribution in [0.3, 0.4) is 0 Å². The van der Waals surface area contributed by atoms with Gasteiger partial charge in [-0.05, 0) is 76.2 Å². The number of tetrazole rings is 1. The Morgan fingerprint density at radius 2 is 1.84 bits per heavy atom. The van der Waals surface area contributed by atoms with Crippen molar-refractivity contribution < 1.29 is 13.9 Å². The molecule has 37 heavy (non-hydrogen) atoms. The highest BCUT2D eigenvalue weighted by molar-refractivity contribution is 5.71. The number of nitrogens with zero attached hydrogens (tertiary/aromatic N) is 7. The maximum Gasteiger partial charge on any atom is 0.229 e. The van der Waals surface area contributed by atoms with Crippen LogP contribution in [0.2, 0.25) is 0 Å². The first-order valence-corrected chi connectivity index (χ1v) is 12.4. The zero-order valence-electron chi connectivity index (χ0n) is 22.1. The fraction of sp³-hybridized carbons (Fsp3) is 0.560. The average Bonchev–Trinajstić information content (AvgIpc) is 3.22. The first-order valence-electron chi connectivity index (χ1n) is 12.4. The summed E-state index contributed by atoms with van der Waals surface area (Å²) >= 11 is 0. The summed E-state index contributed by atoms with van der Waals surface area (Å²) in [5.41, 5.74) is 1.32. The molecule has 0 radical (unpaired) electrons.